The van der Waals surface area contributed by atoms with Gasteiger partial charge in [0.2, 0.25) is 0 Å². The molecule has 0 N–H and O–H groups in total. The van der Waals surface area contributed by atoms with Crippen LogP contribution >= 0.6 is 0 Å². The molecule has 0 rings (SSSR count). The molecule has 0 aromatic heterocycles. The molecular formula is C11H24O3Si. The molecule has 0 aromatic rings. The van der Waals surface area contributed by atoms with Crippen molar-refractivity contribution in [2.45, 2.75) is 38.7 Å². The van der Waals surface area contributed by atoms with Crippen LogP contribution in [0.3, 0.4) is 0 Å². The van der Waals surface area contributed by atoms with E-state index in [0.29, 0.717) is 0 Å². The highest BCUT2D eigenvalue weighted by Gasteiger charge is 2.17. The number of methoxy groups -OCH3 is 3. The van der Waals surface area contributed by atoms with Gasteiger partial charge < -0.3 is 14.2 Å². The molecule has 0 amide bonds. The SMILES string of the molecule is CCCCCC(OC)C(OC)=C([SiH3])OC. The van der Waals surface area contributed by atoms with E-state index in [-0.39, 0.29) is 6.10 Å². The average molecular weight is 232 g/mol. The van der Waals surface area contributed by atoms with Crippen molar-refractivity contribution in [1.82, 2.24) is 0 Å². The van der Waals surface area contributed by atoms with E-state index in [9.17, 15) is 0 Å². The standard InChI is InChI=1S/C11H24O3Si/c1-5-6-7-8-9(12-2)10(13-3)11(15)14-4/h9H,5-8H2,1-4,15H3. The Morgan fingerprint density at radius 2 is 1.80 bits per heavy atom. The second-order valence-electron chi connectivity index (χ2n) is 3.55. The number of unbranched alkanes of at least 4 members (excludes halogenated alkanes) is 2. The van der Waals surface area contributed by atoms with Crippen LogP contribution < -0.4 is 0 Å². The first kappa shape index (κ1) is 14.5. The van der Waals surface area contributed by atoms with Gasteiger partial charge in [0.15, 0.2) is 5.76 Å². The minimum atomic E-state index is 0.0500. The van der Waals surface area contributed by atoms with Crippen LogP contribution in [0, 0.1) is 0 Å². The first-order valence-corrected chi connectivity index (χ1v) is 6.52. The largest absolute Gasteiger partial charge is 0.504 e. The molecule has 1 unspecified atom stereocenters. The molecule has 0 spiro atoms. The fourth-order valence-corrected chi connectivity index (χ4v) is 2.06. The lowest BCUT2D eigenvalue weighted by molar-refractivity contribution is 0.0627. The normalized spacial score (nSPS) is 14.7. The highest BCUT2D eigenvalue weighted by Crippen LogP contribution is 2.17. The summed E-state index contributed by atoms with van der Waals surface area (Å²) in [5.74, 6) is 0.864. The van der Waals surface area contributed by atoms with E-state index in [4.69, 9.17) is 14.2 Å². The Kier molecular flexibility index (Phi) is 8.51. The Morgan fingerprint density at radius 1 is 1.13 bits per heavy atom. The summed E-state index contributed by atoms with van der Waals surface area (Å²) in [6.07, 6.45) is 4.68. The number of hydrogen-bond acceptors (Lipinski definition) is 3. The summed E-state index contributed by atoms with van der Waals surface area (Å²) in [6, 6.07) is 0. The first-order chi connectivity index (χ1) is 7.21. The summed E-state index contributed by atoms with van der Waals surface area (Å²) in [5.41, 5.74) is 0. The number of hydrogen-bond donors (Lipinski definition) is 0. The molecule has 0 heterocycles. The van der Waals surface area contributed by atoms with E-state index in [1.54, 1.807) is 21.3 Å². The van der Waals surface area contributed by atoms with E-state index >= 15 is 0 Å². The quantitative estimate of drug-likeness (QED) is 0.360. The highest BCUT2D eigenvalue weighted by molar-refractivity contribution is 6.20. The van der Waals surface area contributed by atoms with Gasteiger partial charge in [0.1, 0.15) is 11.5 Å². The summed E-state index contributed by atoms with van der Waals surface area (Å²) in [4.78, 5) is 0. The summed E-state index contributed by atoms with van der Waals surface area (Å²) in [6.45, 7) is 2.20. The smallest absolute Gasteiger partial charge is 0.156 e. The Balaban J connectivity index is 4.34. The third kappa shape index (κ3) is 5.23. The Bertz CT molecular complexity index is 192. The molecule has 0 aromatic carbocycles. The van der Waals surface area contributed by atoms with Gasteiger partial charge in [-0.15, -0.1) is 0 Å². The predicted octanol–water partition coefficient (Wildman–Crippen LogP) is 1.41. The van der Waals surface area contributed by atoms with Crippen LogP contribution in [-0.2, 0) is 14.2 Å². The van der Waals surface area contributed by atoms with Gasteiger partial charge in [-0.25, -0.2) is 0 Å². The van der Waals surface area contributed by atoms with E-state index in [1.807, 2.05) is 0 Å². The molecule has 15 heavy (non-hydrogen) atoms. The Morgan fingerprint density at radius 3 is 2.20 bits per heavy atom. The lowest BCUT2D eigenvalue weighted by Crippen LogP contribution is -2.18. The maximum Gasteiger partial charge on any atom is 0.156 e. The van der Waals surface area contributed by atoms with E-state index < -0.39 is 0 Å². The summed E-state index contributed by atoms with van der Waals surface area (Å²) < 4.78 is 16.0. The van der Waals surface area contributed by atoms with Crippen molar-refractivity contribution in [3.8, 4) is 0 Å². The zero-order valence-corrected chi connectivity index (χ0v) is 12.6. The molecule has 0 saturated heterocycles. The monoisotopic (exact) mass is 232 g/mol. The second kappa shape index (κ2) is 8.80. The first-order valence-electron chi connectivity index (χ1n) is 5.52. The van der Waals surface area contributed by atoms with Gasteiger partial charge >= 0.3 is 0 Å². The van der Waals surface area contributed by atoms with Gasteiger partial charge in [-0.2, -0.15) is 0 Å². The summed E-state index contributed by atoms with van der Waals surface area (Å²) in [7, 11) is 5.93. The lowest BCUT2D eigenvalue weighted by Gasteiger charge is -2.19. The van der Waals surface area contributed by atoms with Crippen LogP contribution in [0.1, 0.15) is 32.6 Å². The van der Waals surface area contributed by atoms with Crippen LogP contribution in [-0.4, -0.2) is 37.7 Å². The third-order valence-corrected chi connectivity index (χ3v) is 3.42. The molecule has 0 aliphatic carbocycles. The minimum absolute atomic E-state index is 0.0500. The molecule has 0 radical (unpaired) electrons. The molecule has 1 atom stereocenters. The predicted molar refractivity (Wildman–Crippen MR) is 65.9 cm³/mol. The molecule has 90 valence electrons. The molecule has 0 saturated carbocycles. The van der Waals surface area contributed by atoms with Crippen molar-refractivity contribution in [2.75, 3.05) is 21.3 Å². The zero-order valence-electron chi connectivity index (χ0n) is 10.6. The van der Waals surface area contributed by atoms with Gasteiger partial charge in [-0.05, 0) is 6.42 Å². The van der Waals surface area contributed by atoms with Crippen molar-refractivity contribution >= 4 is 10.2 Å². The number of rotatable bonds is 8. The number of ether oxygens (including phenoxy) is 3. The Labute approximate surface area is 96.2 Å². The Hall–Kier alpha value is -0.483. The molecule has 0 fully saturated rings. The maximum absolute atomic E-state index is 5.43. The molecule has 4 heteroatoms. The van der Waals surface area contributed by atoms with Crippen LogP contribution in [0.4, 0.5) is 0 Å². The van der Waals surface area contributed by atoms with Crippen molar-refractivity contribution in [1.29, 1.82) is 0 Å². The minimum Gasteiger partial charge on any atom is -0.504 e. The highest BCUT2D eigenvalue weighted by atomic mass is 28.1. The van der Waals surface area contributed by atoms with E-state index in [2.05, 4.69) is 6.92 Å². The van der Waals surface area contributed by atoms with Gasteiger partial charge in [0.25, 0.3) is 0 Å². The summed E-state index contributed by atoms with van der Waals surface area (Å²) in [5, 5.41) is 0.931. The average Bonchev–Trinajstić information content (AvgIpc) is 2.27. The molecule has 0 aliphatic heterocycles. The van der Waals surface area contributed by atoms with Crippen molar-refractivity contribution in [3.05, 3.63) is 11.1 Å². The van der Waals surface area contributed by atoms with Crippen molar-refractivity contribution in [3.63, 3.8) is 0 Å². The van der Waals surface area contributed by atoms with E-state index in [0.717, 1.165) is 27.8 Å². The maximum atomic E-state index is 5.43. The zero-order chi connectivity index (χ0) is 11.7. The molecule has 0 bridgehead atoms. The van der Waals surface area contributed by atoms with Crippen molar-refractivity contribution in [2.24, 2.45) is 0 Å². The second-order valence-corrected chi connectivity index (χ2v) is 4.46. The molecule has 3 nitrogen and oxygen atoms in total. The van der Waals surface area contributed by atoms with Crippen molar-refractivity contribution < 1.29 is 14.2 Å². The van der Waals surface area contributed by atoms with Crippen LogP contribution in [0.2, 0.25) is 0 Å². The fraction of sp³-hybridized carbons (Fsp3) is 0.818. The lowest BCUT2D eigenvalue weighted by atomic mass is 10.1. The third-order valence-electron chi connectivity index (χ3n) is 2.52. The fourth-order valence-electron chi connectivity index (χ4n) is 1.54. The summed E-state index contributed by atoms with van der Waals surface area (Å²) >= 11 is 0. The van der Waals surface area contributed by atoms with Crippen LogP contribution in [0.25, 0.3) is 0 Å². The van der Waals surface area contributed by atoms with Gasteiger partial charge in [-0.3, -0.25) is 0 Å². The van der Waals surface area contributed by atoms with Crippen LogP contribution in [0.15, 0.2) is 11.1 Å². The van der Waals surface area contributed by atoms with Gasteiger partial charge in [-0.1, -0.05) is 26.2 Å². The van der Waals surface area contributed by atoms with E-state index in [1.165, 1.54) is 19.3 Å². The van der Waals surface area contributed by atoms with Gasteiger partial charge in [0, 0.05) is 7.11 Å². The van der Waals surface area contributed by atoms with Gasteiger partial charge in [0.05, 0.1) is 24.5 Å². The molecule has 0 aliphatic rings. The topological polar surface area (TPSA) is 27.7 Å². The molecular weight excluding hydrogens is 208 g/mol. The van der Waals surface area contributed by atoms with Crippen LogP contribution in [0.5, 0.6) is 0 Å².